The highest BCUT2D eigenvalue weighted by atomic mass is 16.8. The number of hydrogen-bond acceptors (Lipinski definition) is 20. The van der Waals surface area contributed by atoms with Crippen molar-refractivity contribution in [2.24, 2.45) is 29.6 Å². The third-order valence-corrected chi connectivity index (χ3v) is 31.8. The SMILES string of the molecule is CCC(C)C1OC(c2ccc(C)c(C)c2)OC2COC(c3ccc(C)c(C)c3)OC21.CCC(C)C1OC(c2ccc(C)c(C)c2)OC2COC(c3ccccc3)OC21.CCC(C)C1OC(c2ccc(C)cc2)OC2COC(c3ccc(C)cc3)OC21.CCc1ccc(C2OC3COC(c4ccc(C)c(C)c4)OC3C(C(C)CC)O2)cc1.CCc1ccc(C2OC3COC(c4ccc(CC)cc4)OC3C(C(C)CC)O2)cc1. The molecule has 0 bridgehead atoms. The summed E-state index contributed by atoms with van der Waals surface area (Å²) < 4.78 is 126. The van der Waals surface area contributed by atoms with Gasteiger partial charge in [-0.2, -0.15) is 0 Å². The molecule has 146 heavy (non-hydrogen) atoms. The molecule has 10 aliphatic rings. The van der Waals surface area contributed by atoms with Crippen molar-refractivity contribution in [3.63, 3.8) is 0 Å². The summed E-state index contributed by atoms with van der Waals surface area (Å²) in [5, 5.41) is 0. The van der Waals surface area contributed by atoms with Crippen molar-refractivity contribution in [2.75, 3.05) is 33.0 Å². The fourth-order valence-electron chi connectivity index (χ4n) is 20.4. The summed E-state index contributed by atoms with van der Waals surface area (Å²) in [6.45, 7) is 52.2. The first kappa shape index (κ1) is 110. The van der Waals surface area contributed by atoms with Crippen LogP contribution in [0.25, 0.3) is 0 Å². The van der Waals surface area contributed by atoms with Crippen LogP contribution in [0, 0.1) is 98.8 Å². The summed E-state index contributed by atoms with van der Waals surface area (Å²) in [6, 6.07) is 77.8. The van der Waals surface area contributed by atoms with Crippen LogP contribution in [0.2, 0.25) is 0 Å². The Hall–Kier alpha value is -8.60. The molecule has 10 heterocycles. The smallest absolute Gasteiger partial charge is 0.184 e. The third-order valence-electron chi connectivity index (χ3n) is 31.8. The molecule has 0 radical (unpaired) electrons. The van der Waals surface area contributed by atoms with Crippen molar-refractivity contribution < 1.29 is 94.7 Å². The van der Waals surface area contributed by atoms with Gasteiger partial charge in [-0.3, -0.25) is 0 Å². The molecule has 0 aliphatic carbocycles. The molecule has 10 aliphatic heterocycles. The van der Waals surface area contributed by atoms with Gasteiger partial charge in [-0.15, -0.1) is 0 Å². The minimum absolute atomic E-state index is 0.0353. The van der Waals surface area contributed by atoms with E-state index in [1.54, 1.807) is 0 Å². The summed E-state index contributed by atoms with van der Waals surface area (Å²) in [5.41, 5.74) is 26.9. The van der Waals surface area contributed by atoms with Gasteiger partial charge in [0.15, 0.2) is 62.9 Å². The number of hydrogen-bond donors (Lipinski definition) is 0. The molecule has 30 unspecified atom stereocenters. The van der Waals surface area contributed by atoms with E-state index in [9.17, 15) is 0 Å². The van der Waals surface area contributed by atoms with Crippen LogP contribution in [0.1, 0.15) is 313 Å². The highest BCUT2D eigenvalue weighted by molar-refractivity contribution is 5.37. The predicted molar refractivity (Wildman–Crippen MR) is 567 cm³/mol. The van der Waals surface area contributed by atoms with Crippen LogP contribution in [0.5, 0.6) is 0 Å². The van der Waals surface area contributed by atoms with Gasteiger partial charge < -0.3 is 94.7 Å². The van der Waals surface area contributed by atoms with Crippen LogP contribution < -0.4 is 0 Å². The maximum atomic E-state index is 6.51. The minimum atomic E-state index is -0.394. The van der Waals surface area contributed by atoms with Gasteiger partial charge >= 0.3 is 0 Å². The lowest BCUT2D eigenvalue weighted by atomic mass is 9.92. The zero-order valence-electron chi connectivity index (χ0n) is 90.5. The Labute approximate surface area is 869 Å². The Bertz CT molecular complexity index is 5720. The molecule has 10 fully saturated rings. The van der Waals surface area contributed by atoms with E-state index in [0.717, 1.165) is 107 Å². The van der Waals surface area contributed by atoms with E-state index in [0.29, 0.717) is 62.6 Å². The van der Waals surface area contributed by atoms with Crippen LogP contribution in [0.4, 0.5) is 0 Å². The molecule has 0 spiro atoms. The number of ether oxygens (including phenoxy) is 20. The van der Waals surface area contributed by atoms with Crippen LogP contribution in [0.3, 0.4) is 0 Å². The van der Waals surface area contributed by atoms with Crippen molar-refractivity contribution in [2.45, 2.75) is 365 Å². The monoisotopic (exact) mass is 2000 g/mol. The summed E-state index contributed by atoms with van der Waals surface area (Å²) in [7, 11) is 0. The molecule has 30 atom stereocenters. The van der Waals surface area contributed by atoms with Crippen LogP contribution in [-0.4, -0.2) is 125 Å². The first-order chi connectivity index (χ1) is 70.6. The van der Waals surface area contributed by atoms with Crippen LogP contribution >= 0.6 is 0 Å². The second kappa shape index (κ2) is 51.5. The number of aryl methyl sites for hydroxylation is 13. The van der Waals surface area contributed by atoms with Gasteiger partial charge in [0.25, 0.3) is 0 Å². The molecule has 0 aromatic heterocycles. The number of benzene rings is 10. The summed E-state index contributed by atoms with van der Waals surface area (Å²) in [5.74, 6) is 1.80. The fraction of sp³-hybridized carbons (Fsp3) is 0.524. The third kappa shape index (κ3) is 26.7. The topological polar surface area (TPSA) is 185 Å². The second-order valence-electron chi connectivity index (χ2n) is 42.2. The van der Waals surface area contributed by atoms with Gasteiger partial charge in [0.2, 0.25) is 0 Å². The molecule has 20 nitrogen and oxygen atoms in total. The van der Waals surface area contributed by atoms with Gasteiger partial charge in [0.05, 0.1) is 63.6 Å². The van der Waals surface area contributed by atoms with Crippen molar-refractivity contribution in [1.29, 1.82) is 0 Å². The zero-order valence-corrected chi connectivity index (χ0v) is 90.5. The molecular weight excluding hydrogens is 1830 g/mol. The molecule has 786 valence electrons. The first-order valence-corrected chi connectivity index (χ1v) is 54.2. The molecule has 10 aromatic rings. The van der Waals surface area contributed by atoms with Crippen LogP contribution in [0.15, 0.2) is 224 Å². The minimum Gasteiger partial charge on any atom is -0.346 e. The normalized spacial score (nSPS) is 30.4. The molecule has 10 saturated heterocycles. The lowest BCUT2D eigenvalue weighted by Gasteiger charge is -2.47. The standard InChI is InChI=1S/3C26H34O4.2C24H30O4/c1-7-15(2)23-24-22(28-26(29-23)21-11-9-17(4)19(6)13-21)14-27-25(30-24)20-10-8-16(3)18(5)12-20;1-6-16(3)23-24-22(28-26(29-23)20-12-9-19(7-2)10-13-20)15-27-25(30-24)21-11-8-17(4)18(5)14-21;1-5-17(4)23-24-22(28-26(29-23)21-14-10-19(7-3)11-15-21)16-27-25(30-24)20-12-8-18(6-2)9-13-20;1-5-17(4)21-22-20(26-24(27-21)19-12-8-16(3)9-13-19)14-25-23(28-22)18-10-6-15(2)7-11-18;1-5-15(2)21-22-20(14-25-23(28-22)18-9-7-6-8-10-18)26-24(27-21)19-12-11-16(3)17(4)13-19/h8-13,15,22-26H,7,14H2,1-6H3;8-14,16,22-26H,6-7,15H2,1-5H3;8-15,17,22-26H,5-7,16H2,1-4H3;6-13,17,20-24H,5,14H2,1-4H3;6-13,15,20-24H,5,14H2,1-4H3. The van der Waals surface area contributed by atoms with E-state index in [2.05, 4.69) is 353 Å². The van der Waals surface area contributed by atoms with Crippen molar-refractivity contribution >= 4 is 0 Å². The maximum absolute atomic E-state index is 6.51. The highest BCUT2D eigenvalue weighted by Gasteiger charge is 2.54. The first-order valence-electron chi connectivity index (χ1n) is 54.2. The molecular formula is C126H162O20. The average Bonchev–Trinajstić information content (AvgIpc) is 0.782. The van der Waals surface area contributed by atoms with E-state index < -0.39 is 6.29 Å². The summed E-state index contributed by atoms with van der Waals surface area (Å²) >= 11 is 0. The van der Waals surface area contributed by atoms with E-state index in [1.165, 1.54) is 72.3 Å². The molecule has 10 aromatic carbocycles. The van der Waals surface area contributed by atoms with Gasteiger partial charge in [0.1, 0.15) is 61.0 Å². The Kier molecular flexibility index (Phi) is 38.8. The average molecular weight is 2000 g/mol. The number of rotatable bonds is 23. The Balaban J connectivity index is 0.000000131. The molecule has 20 rings (SSSR count). The van der Waals surface area contributed by atoms with Gasteiger partial charge in [0, 0.05) is 55.6 Å². The Morgan fingerprint density at radius 3 is 0.589 bits per heavy atom. The maximum Gasteiger partial charge on any atom is 0.184 e. The summed E-state index contributed by atoms with van der Waals surface area (Å²) in [6.07, 6.45) is 2.71. The second-order valence-corrected chi connectivity index (χ2v) is 42.2. The van der Waals surface area contributed by atoms with Crippen molar-refractivity contribution in [1.82, 2.24) is 0 Å². The van der Waals surface area contributed by atoms with Crippen molar-refractivity contribution in [3.8, 4) is 0 Å². The Morgan fingerprint density at radius 1 is 0.192 bits per heavy atom. The molecule has 0 saturated carbocycles. The zero-order chi connectivity index (χ0) is 103. The van der Waals surface area contributed by atoms with E-state index >= 15 is 0 Å². The lowest BCUT2D eigenvalue weighted by Crippen LogP contribution is -2.56. The molecule has 20 heteroatoms. The largest absolute Gasteiger partial charge is 0.346 e. The fourth-order valence-corrected chi connectivity index (χ4v) is 20.4. The van der Waals surface area contributed by atoms with E-state index in [4.69, 9.17) is 94.7 Å². The quantitative estimate of drug-likeness (QED) is 0.0588. The number of fused-ring (bicyclic) bond motifs is 5. The van der Waals surface area contributed by atoms with Gasteiger partial charge in [-0.25, -0.2) is 0 Å². The Morgan fingerprint density at radius 2 is 0.377 bits per heavy atom. The van der Waals surface area contributed by atoms with Gasteiger partial charge in [-0.05, 0) is 179 Å². The van der Waals surface area contributed by atoms with Gasteiger partial charge in [-0.1, -0.05) is 358 Å². The highest BCUT2D eigenvalue weighted by Crippen LogP contribution is 2.49. The molecule has 0 amide bonds. The summed E-state index contributed by atoms with van der Waals surface area (Å²) in [4.78, 5) is 0. The van der Waals surface area contributed by atoms with Crippen molar-refractivity contribution in [3.05, 3.63) is 352 Å². The molecule has 0 N–H and O–H groups in total. The lowest BCUT2D eigenvalue weighted by molar-refractivity contribution is -0.369. The van der Waals surface area contributed by atoms with E-state index in [-0.39, 0.29) is 148 Å². The van der Waals surface area contributed by atoms with Crippen LogP contribution in [-0.2, 0) is 114 Å². The van der Waals surface area contributed by atoms with E-state index in [1.807, 2.05) is 30.3 Å². The predicted octanol–water partition coefficient (Wildman–Crippen LogP) is 27.9.